The van der Waals surface area contributed by atoms with Crippen LogP contribution in [0.4, 0.5) is 0 Å². The van der Waals surface area contributed by atoms with Crippen molar-refractivity contribution in [3.8, 4) is 0 Å². The van der Waals surface area contributed by atoms with Crippen molar-refractivity contribution in [2.75, 3.05) is 19.6 Å². The summed E-state index contributed by atoms with van der Waals surface area (Å²) in [6.07, 6.45) is 5.51. The van der Waals surface area contributed by atoms with Gasteiger partial charge in [0.25, 0.3) is 0 Å². The van der Waals surface area contributed by atoms with Gasteiger partial charge in [0, 0.05) is 18.5 Å². The van der Waals surface area contributed by atoms with Crippen molar-refractivity contribution in [3.63, 3.8) is 0 Å². The van der Waals surface area contributed by atoms with E-state index in [4.69, 9.17) is 0 Å². The summed E-state index contributed by atoms with van der Waals surface area (Å²) in [5, 5.41) is 6.32. The molecule has 0 atom stereocenters. The van der Waals surface area contributed by atoms with Crippen molar-refractivity contribution in [1.29, 1.82) is 0 Å². The lowest BCUT2D eigenvalue weighted by atomic mass is 9.66. The van der Waals surface area contributed by atoms with Crippen LogP contribution in [-0.2, 0) is 4.79 Å². The van der Waals surface area contributed by atoms with Crippen LogP contribution in [0.5, 0.6) is 0 Å². The van der Waals surface area contributed by atoms with E-state index in [-0.39, 0.29) is 23.7 Å². The lowest BCUT2D eigenvalue weighted by molar-refractivity contribution is -0.136. The molecule has 96 valence electrons. The molecule has 1 aliphatic rings. The summed E-state index contributed by atoms with van der Waals surface area (Å²) in [4.78, 5) is 11.9. The van der Waals surface area contributed by atoms with Gasteiger partial charge in [-0.25, -0.2) is 0 Å². The standard InChI is InChI=1S/C12H24N2O.ClH/c1-3-8-13-9-10-14-11(15)12(4-2)6-5-7-12;/h13H,3-10H2,1-2H3,(H,14,15);1H. The smallest absolute Gasteiger partial charge is 0.226 e. The molecule has 0 bridgehead atoms. The molecular weight excluding hydrogens is 224 g/mol. The van der Waals surface area contributed by atoms with Crippen LogP contribution < -0.4 is 10.6 Å². The zero-order valence-electron chi connectivity index (χ0n) is 10.5. The third-order valence-corrected chi connectivity index (χ3v) is 3.48. The summed E-state index contributed by atoms with van der Waals surface area (Å²) in [6.45, 7) is 6.95. The van der Waals surface area contributed by atoms with Crippen molar-refractivity contribution in [2.45, 2.75) is 46.0 Å². The zero-order chi connectivity index (χ0) is 11.1. The Hall–Kier alpha value is -0.280. The zero-order valence-corrected chi connectivity index (χ0v) is 11.3. The highest BCUT2D eigenvalue weighted by Gasteiger charge is 2.41. The molecule has 0 aromatic heterocycles. The van der Waals surface area contributed by atoms with Crippen LogP contribution in [-0.4, -0.2) is 25.5 Å². The number of carbonyl (C=O) groups is 1. The Kier molecular flexibility index (Phi) is 7.77. The summed E-state index contributed by atoms with van der Waals surface area (Å²) in [5.74, 6) is 0.273. The maximum Gasteiger partial charge on any atom is 0.226 e. The number of amides is 1. The lowest BCUT2D eigenvalue weighted by Gasteiger charge is -2.39. The van der Waals surface area contributed by atoms with E-state index in [1.54, 1.807) is 0 Å². The third-order valence-electron chi connectivity index (χ3n) is 3.48. The van der Waals surface area contributed by atoms with E-state index in [1.165, 1.54) is 6.42 Å². The third kappa shape index (κ3) is 3.95. The van der Waals surface area contributed by atoms with Gasteiger partial charge in [0.1, 0.15) is 0 Å². The first-order valence-corrected chi connectivity index (χ1v) is 6.24. The van der Waals surface area contributed by atoms with Crippen LogP contribution in [0.15, 0.2) is 0 Å². The van der Waals surface area contributed by atoms with Crippen LogP contribution in [0.3, 0.4) is 0 Å². The molecule has 3 nitrogen and oxygen atoms in total. The maximum atomic E-state index is 11.9. The molecule has 2 N–H and O–H groups in total. The quantitative estimate of drug-likeness (QED) is 0.678. The van der Waals surface area contributed by atoms with Gasteiger partial charge in [-0.2, -0.15) is 0 Å². The van der Waals surface area contributed by atoms with Crippen molar-refractivity contribution in [3.05, 3.63) is 0 Å². The second-order valence-electron chi connectivity index (χ2n) is 4.49. The average molecular weight is 249 g/mol. The normalized spacial score (nSPS) is 17.1. The number of nitrogens with one attached hydrogen (secondary N) is 2. The van der Waals surface area contributed by atoms with E-state index in [9.17, 15) is 4.79 Å². The number of carbonyl (C=O) groups excluding carboxylic acids is 1. The van der Waals surface area contributed by atoms with Crippen molar-refractivity contribution in [2.24, 2.45) is 5.41 Å². The van der Waals surface area contributed by atoms with Gasteiger partial charge in [-0.05, 0) is 32.2 Å². The molecule has 0 radical (unpaired) electrons. The van der Waals surface area contributed by atoms with Crippen LogP contribution in [0, 0.1) is 5.41 Å². The maximum absolute atomic E-state index is 11.9. The summed E-state index contributed by atoms with van der Waals surface area (Å²) < 4.78 is 0. The Morgan fingerprint density at radius 3 is 2.31 bits per heavy atom. The van der Waals surface area contributed by atoms with E-state index in [0.29, 0.717) is 0 Å². The first-order chi connectivity index (χ1) is 7.25. The average Bonchev–Trinajstić information content (AvgIpc) is 2.17. The molecule has 0 aliphatic heterocycles. The molecule has 1 rings (SSSR count). The van der Waals surface area contributed by atoms with Gasteiger partial charge in [0.15, 0.2) is 0 Å². The number of hydrogen-bond donors (Lipinski definition) is 2. The van der Waals surface area contributed by atoms with Crippen LogP contribution in [0.1, 0.15) is 46.0 Å². The minimum absolute atomic E-state index is 0. The van der Waals surface area contributed by atoms with E-state index < -0.39 is 0 Å². The fourth-order valence-electron chi connectivity index (χ4n) is 2.10. The Labute approximate surface area is 105 Å². The molecule has 16 heavy (non-hydrogen) atoms. The summed E-state index contributed by atoms with van der Waals surface area (Å²) in [5.41, 5.74) is -0.00917. The largest absolute Gasteiger partial charge is 0.354 e. The van der Waals surface area contributed by atoms with Gasteiger partial charge in [0.05, 0.1) is 0 Å². The molecule has 0 aromatic carbocycles. The number of halogens is 1. The molecule has 0 unspecified atom stereocenters. The van der Waals surface area contributed by atoms with Crippen molar-refractivity contribution in [1.82, 2.24) is 10.6 Å². The fourth-order valence-corrected chi connectivity index (χ4v) is 2.10. The molecule has 0 aromatic rings. The van der Waals surface area contributed by atoms with E-state index >= 15 is 0 Å². The minimum atomic E-state index is -0.00917. The molecule has 0 heterocycles. The molecule has 0 spiro atoms. The Bertz CT molecular complexity index is 200. The van der Waals surface area contributed by atoms with E-state index in [0.717, 1.165) is 45.3 Å². The summed E-state index contributed by atoms with van der Waals surface area (Å²) in [6, 6.07) is 0. The SMILES string of the molecule is CCCNCCNC(=O)C1(CC)CCC1.Cl. The Morgan fingerprint density at radius 2 is 1.88 bits per heavy atom. The summed E-state index contributed by atoms with van der Waals surface area (Å²) >= 11 is 0. The molecule has 1 amide bonds. The topological polar surface area (TPSA) is 41.1 Å². The van der Waals surface area contributed by atoms with Gasteiger partial charge in [-0.3, -0.25) is 4.79 Å². The monoisotopic (exact) mass is 248 g/mol. The van der Waals surface area contributed by atoms with E-state index in [1.807, 2.05) is 0 Å². The van der Waals surface area contributed by atoms with Crippen LogP contribution in [0.25, 0.3) is 0 Å². The van der Waals surface area contributed by atoms with Gasteiger partial charge in [0.2, 0.25) is 5.91 Å². The molecule has 1 fully saturated rings. The predicted octanol–water partition coefficient (Wildman–Crippen LogP) is 2.10. The Morgan fingerprint density at radius 1 is 1.19 bits per heavy atom. The van der Waals surface area contributed by atoms with Gasteiger partial charge >= 0.3 is 0 Å². The molecule has 0 saturated heterocycles. The van der Waals surface area contributed by atoms with Crippen molar-refractivity contribution >= 4 is 18.3 Å². The predicted molar refractivity (Wildman–Crippen MR) is 70.0 cm³/mol. The highest BCUT2D eigenvalue weighted by atomic mass is 35.5. The van der Waals surface area contributed by atoms with Crippen LogP contribution >= 0.6 is 12.4 Å². The second-order valence-corrected chi connectivity index (χ2v) is 4.49. The van der Waals surface area contributed by atoms with Crippen molar-refractivity contribution < 1.29 is 4.79 Å². The van der Waals surface area contributed by atoms with Gasteiger partial charge in [-0.15, -0.1) is 12.4 Å². The highest BCUT2D eigenvalue weighted by molar-refractivity contribution is 5.85. The highest BCUT2D eigenvalue weighted by Crippen LogP contribution is 2.43. The lowest BCUT2D eigenvalue weighted by Crippen LogP contribution is -2.46. The first-order valence-electron chi connectivity index (χ1n) is 6.24. The number of rotatable bonds is 7. The minimum Gasteiger partial charge on any atom is -0.354 e. The van der Waals surface area contributed by atoms with Crippen LogP contribution in [0.2, 0.25) is 0 Å². The second kappa shape index (κ2) is 7.91. The fraction of sp³-hybridized carbons (Fsp3) is 0.917. The number of hydrogen-bond acceptors (Lipinski definition) is 2. The molecule has 1 aliphatic carbocycles. The van der Waals surface area contributed by atoms with Gasteiger partial charge in [-0.1, -0.05) is 20.3 Å². The first kappa shape index (κ1) is 15.7. The Balaban J connectivity index is 0.00000225. The molecule has 4 heteroatoms. The van der Waals surface area contributed by atoms with Gasteiger partial charge < -0.3 is 10.6 Å². The van der Waals surface area contributed by atoms with E-state index in [2.05, 4.69) is 24.5 Å². The molecule has 1 saturated carbocycles. The summed E-state index contributed by atoms with van der Waals surface area (Å²) in [7, 11) is 0. The molecular formula is C12H25ClN2O.